The minimum absolute atomic E-state index is 0.0150. The van der Waals surface area contributed by atoms with E-state index in [0.717, 1.165) is 18.9 Å². The first-order chi connectivity index (χ1) is 13.2. The molecule has 0 bridgehead atoms. The van der Waals surface area contributed by atoms with Gasteiger partial charge in [0.2, 0.25) is 15.3 Å². The van der Waals surface area contributed by atoms with E-state index < -0.39 is 15.8 Å². The molecule has 1 aliphatic rings. The summed E-state index contributed by atoms with van der Waals surface area (Å²) in [7, 11) is -2.24. The number of hydrogen-bond donors (Lipinski definition) is 0. The minimum atomic E-state index is -3.75. The van der Waals surface area contributed by atoms with Crippen molar-refractivity contribution >= 4 is 32.8 Å². The van der Waals surface area contributed by atoms with Crippen LogP contribution >= 0.6 is 11.6 Å². The quantitative estimate of drug-likeness (QED) is 0.600. The zero-order chi connectivity index (χ0) is 20.2. The van der Waals surface area contributed by atoms with E-state index in [4.69, 9.17) is 11.6 Å². The van der Waals surface area contributed by atoms with Gasteiger partial charge in [-0.3, -0.25) is 0 Å². The van der Waals surface area contributed by atoms with Gasteiger partial charge in [0.05, 0.1) is 16.3 Å². The highest BCUT2D eigenvalue weighted by Gasteiger charge is 2.35. The third kappa shape index (κ3) is 3.23. The number of rotatable bonds is 4. The number of aryl methyl sites for hydroxylation is 2. The zero-order valence-electron chi connectivity index (χ0n) is 15.4. The van der Waals surface area contributed by atoms with Gasteiger partial charge in [0.1, 0.15) is 17.0 Å². The van der Waals surface area contributed by atoms with E-state index in [9.17, 15) is 12.8 Å². The number of benzene rings is 1. The Morgan fingerprint density at radius 2 is 1.79 bits per heavy atom. The Bertz CT molecular complexity index is 1210. The topological polar surface area (TPSA) is 88.9 Å². The molecular weight excluding hydrogens is 405 g/mol. The lowest BCUT2D eigenvalue weighted by Gasteiger charge is -2.17. The maximum Gasteiger partial charge on any atom is 0.243 e. The molecule has 10 heteroatoms. The summed E-state index contributed by atoms with van der Waals surface area (Å²) < 4.78 is 41.5. The number of hydrogen-bond acceptors (Lipinski definition) is 6. The van der Waals surface area contributed by atoms with Crippen molar-refractivity contribution in [3.8, 4) is 11.3 Å². The molecule has 3 aromatic rings. The molecule has 0 unspecified atom stereocenters. The minimum Gasteiger partial charge on any atom is -0.246 e. The number of nitrogens with zero attached hydrogens (tertiary/aromatic N) is 5. The molecule has 1 fully saturated rings. The van der Waals surface area contributed by atoms with Crippen molar-refractivity contribution in [2.24, 2.45) is 0 Å². The molecule has 0 amide bonds. The number of sulfonamides is 1. The average molecular weight is 422 g/mol. The molecule has 0 N–H and O–H groups in total. The summed E-state index contributed by atoms with van der Waals surface area (Å²) in [6.45, 7) is 3.56. The SMILES string of the molecule is Cc1nc2nc(Cl)nc(-c3ccc(S(=O)(=O)N(C)C4CC4)cc3F)c2nc1C. The Hall–Kier alpha value is -2.23. The van der Waals surface area contributed by atoms with Crippen LogP contribution in [0, 0.1) is 19.7 Å². The first kappa shape index (κ1) is 19.1. The van der Waals surface area contributed by atoms with Crippen molar-refractivity contribution < 1.29 is 12.8 Å². The van der Waals surface area contributed by atoms with E-state index in [2.05, 4.69) is 19.9 Å². The Morgan fingerprint density at radius 3 is 2.43 bits per heavy atom. The number of aromatic nitrogens is 4. The van der Waals surface area contributed by atoms with Crippen LogP contribution < -0.4 is 0 Å². The lowest BCUT2D eigenvalue weighted by Crippen LogP contribution is -2.29. The van der Waals surface area contributed by atoms with Crippen molar-refractivity contribution in [1.82, 2.24) is 24.2 Å². The third-order valence-corrected chi connectivity index (χ3v) is 6.92. The van der Waals surface area contributed by atoms with Crippen LogP contribution in [0.4, 0.5) is 4.39 Å². The molecule has 1 aliphatic carbocycles. The fourth-order valence-electron chi connectivity index (χ4n) is 2.92. The predicted octanol–water partition coefficient (Wildman–Crippen LogP) is 3.28. The summed E-state index contributed by atoms with van der Waals surface area (Å²) >= 11 is 5.99. The van der Waals surface area contributed by atoms with Gasteiger partial charge in [0, 0.05) is 18.7 Å². The zero-order valence-corrected chi connectivity index (χ0v) is 17.0. The maximum absolute atomic E-state index is 15.0. The second kappa shape index (κ2) is 6.68. The van der Waals surface area contributed by atoms with E-state index in [1.54, 1.807) is 13.8 Å². The second-order valence-electron chi connectivity index (χ2n) is 6.80. The smallest absolute Gasteiger partial charge is 0.243 e. The van der Waals surface area contributed by atoms with Crippen LogP contribution in [0.15, 0.2) is 23.1 Å². The van der Waals surface area contributed by atoms with Crippen LogP contribution in [0.2, 0.25) is 5.28 Å². The molecule has 2 heterocycles. The summed E-state index contributed by atoms with van der Waals surface area (Å²) in [5, 5.41) is -0.0929. The molecule has 0 aliphatic heterocycles. The standard InChI is InChI=1S/C18H17ClFN5O2S/c1-9-10(2)22-17-16(21-9)15(23-18(19)24-17)13-7-6-12(8-14(13)20)28(26,27)25(3)11-4-5-11/h6-8,11H,4-5H2,1-3H3. The van der Waals surface area contributed by atoms with Crippen LogP contribution in [0.5, 0.6) is 0 Å². The van der Waals surface area contributed by atoms with Gasteiger partial charge in [-0.05, 0) is 56.5 Å². The van der Waals surface area contributed by atoms with Gasteiger partial charge in [0.25, 0.3) is 0 Å². The van der Waals surface area contributed by atoms with Crippen LogP contribution in [0.1, 0.15) is 24.2 Å². The van der Waals surface area contributed by atoms with Gasteiger partial charge in [-0.2, -0.15) is 9.29 Å². The van der Waals surface area contributed by atoms with Crippen LogP contribution in [0.25, 0.3) is 22.4 Å². The van der Waals surface area contributed by atoms with Gasteiger partial charge in [-0.15, -0.1) is 0 Å². The average Bonchev–Trinajstić information content (AvgIpc) is 3.47. The predicted molar refractivity (Wildman–Crippen MR) is 103 cm³/mol. The van der Waals surface area contributed by atoms with E-state index >= 15 is 0 Å². The molecule has 7 nitrogen and oxygen atoms in total. The summed E-state index contributed by atoms with van der Waals surface area (Å²) in [6, 6.07) is 3.72. The van der Waals surface area contributed by atoms with Crippen LogP contribution in [-0.4, -0.2) is 45.7 Å². The van der Waals surface area contributed by atoms with E-state index in [1.165, 1.54) is 23.5 Å². The largest absolute Gasteiger partial charge is 0.246 e. The maximum atomic E-state index is 15.0. The Balaban J connectivity index is 1.86. The Morgan fingerprint density at radius 1 is 1.11 bits per heavy atom. The van der Waals surface area contributed by atoms with Gasteiger partial charge in [-0.25, -0.2) is 27.8 Å². The number of fused-ring (bicyclic) bond motifs is 1. The lowest BCUT2D eigenvalue weighted by atomic mass is 10.1. The normalized spacial score (nSPS) is 14.8. The molecule has 2 aromatic heterocycles. The molecular formula is C18H17ClFN5O2S. The van der Waals surface area contributed by atoms with E-state index in [-0.39, 0.29) is 33.1 Å². The van der Waals surface area contributed by atoms with E-state index in [1.807, 2.05) is 0 Å². The summed E-state index contributed by atoms with van der Waals surface area (Å²) in [6.07, 6.45) is 1.64. The van der Waals surface area contributed by atoms with Crippen LogP contribution in [-0.2, 0) is 10.0 Å². The molecule has 0 radical (unpaired) electrons. The Kier molecular flexibility index (Phi) is 4.56. The first-order valence-electron chi connectivity index (χ1n) is 8.65. The molecule has 0 atom stereocenters. The van der Waals surface area contributed by atoms with Gasteiger partial charge >= 0.3 is 0 Å². The second-order valence-corrected chi connectivity index (χ2v) is 9.14. The summed E-state index contributed by atoms with van der Waals surface area (Å²) in [4.78, 5) is 16.8. The van der Waals surface area contributed by atoms with Crippen molar-refractivity contribution in [2.75, 3.05) is 7.05 Å². The fourth-order valence-corrected chi connectivity index (χ4v) is 4.52. The third-order valence-electron chi connectivity index (χ3n) is 4.85. The van der Waals surface area contributed by atoms with Gasteiger partial charge < -0.3 is 0 Å². The molecule has 0 saturated heterocycles. The van der Waals surface area contributed by atoms with Crippen molar-refractivity contribution in [3.05, 3.63) is 40.7 Å². The lowest BCUT2D eigenvalue weighted by molar-refractivity contribution is 0.463. The Labute approximate surface area is 166 Å². The van der Waals surface area contributed by atoms with Gasteiger partial charge in [-0.1, -0.05) is 0 Å². The summed E-state index contributed by atoms with van der Waals surface area (Å²) in [5.74, 6) is -0.735. The summed E-state index contributed by atoms with van der Waals surface area (Å²) in [5.41, 5.74) is 2.14. The molecule has 1 saturated carbocycles. The van der Waals surface area contributed by atoms with E-state index in [0.29, 0.717) is 16.9 Å². The highest BCUT2D eigenvalue weighted by Crippen LogP contribution is 2.33. The highest BCUT2D eigenvalue weighted by atomic mass is 35.5. The van der Waals surface area contributed by atoms with Crippen molar-refractivity contribution in [1.29, 1.82) is 0 Å². The van der Waals surface area contributed by atoms with Crippen molar-refractivity contribution in [2.45, 2.75) is 37.6 Å². The van der Waals surface area contributed by atoms with Crippen LogP contribution in [0.3, 0.4) is 0 Å². The molecule has 4 rings (SSSR count). The molecule has 0 spiro atoms. The molecule has 146 valence electrons. The fraction of sp³-hybridized carbons (Fsp3) is 0.333. The number of halogens is 2. The molecule has 1 aromatic carbocycles. The first-order valence-corrected chi connectivity index (χ1v) is 10.5. The molecule has 28 heavy (non-hydrogen) atoms. The highest BCUT2D eigenvalue weighted by molar-refractivity contribution is 7.89. The van der Waals surface area contributed by atoms with Crippen molar-refractivity contribution in [3.63, 3.8) is 0 Å². The monoisotopic (exact) mass is 421 g/mol. The van der Waals surface area contributed by atoms with Gasteiger partial charge in [0.15, 0.2) is 5.65 Å².